The Bertz CT molecular complexity index is 1050. The summed E-state index contributed by atoms with van der Waals surface area (Å²) in [7, 11) is 0. The topological polar surface area (TPSA) is 71.8 Å². The van der Waals surface area contributed by atoms with Gasteiger partial charge in [-0.1, -0.05) is 23.9 Å². The molecule has 0 aliphatic carbocycles. The van der Waals surface area contributed by atoms with Crippen molar-refractivity contribution in [1.29, 1.82) is 0 Å². The molecule has 0 radical (unpaired) electrons. The summed E-state index contributed by atoms with van der Waals surface area (Å²) in [6.45, 7) is 1.91. The van der Waals surface area contributed by atoms with Gasteiger partial charge in [-0.05, 0) is 19.1 Å². The molecule has 0 spiro atoms. The van der Waals surface area contributed by atoms with Gasteiger partial charge in [0.25, 0.3) is 0 Å². The van der Waals surface area contributed by atoms with E-state index in [0.717, 1.165) is 50.6 Å². The average molecular weight is 354 g/mol. The maximum Gasteiger partial charge on any atom is 0.191 e. The fourth-order valence-electron chi connectivity index (χ4n) is 2.92. The van der Waals surface area contributed by atoms with Crippen LogP contribution in [0.15, 0.2) is 29.4 Å². The summed E-state index contributed by atoms with van der Waals surface area (Å²) < 4.78 is 1.84. The number of aromatic nitrogens is 6. The number of nitrogens with one attached hydrogen (secondary N) is 1. The van der Waals surface area contributed by atoms with Gasteiger partial charge in [-0.2, -0.15) is 4.52 Å². The van der Waals surface area contributed by atoms with Crippen molar-refractivity contribution in [3.8, 4) is 0 Å². The molecule has 120 valence electrons. The molecule has 0 fully saturated rings. The molecule has 0 amide bonds. The molecule has 8 heteroatoms. The molecule has 4 heterocycles. The second-order valence-corrected chi connectivity index (χ2v) is 7.62. The highest BCUT2D eigenvalue weighted by Gasteiger charge is 2.17. The van der Waals surface area contributed by atoms with E-state index in [1.54, 1.807) is 11.8 Å². The van der Waals surface area contributed by atoms with Crippen LogP contribution in [0.1, 0.15) is 23.0 Å². The molecule has 0 atom stereocenters. The third-order valence-electron chi connectivity index (χ3n) is 3.99. The molecule has 0 unspecified atom stereocenters. The second kappa shape index (κ2) is 5.49. The number of para-hydroxylation sites is 1. The molecular weight excluding hydrogens is 340 g/mol. The fraction of sp³-hybridized carbons (Fsp3) is 0.250. The van der Waals surface area contributed by atoms with Crippen molar-refractivity contribution in [2.75, 3.05) is 0 Å². The van der Waals surface area contributed by atoms with E-state index in [-0.39, 0.29) is 0 Å². The number of benzene rings is 1. The van der Waals surface area contributed by atoms with E-state index in [1.165, 1.54) is 11.4 Å². The van der Waals surface area contributed by atoms with Crippen molar-refractivity contribution in [2.24, 2.45) is 0 Å². The Balaban J connectivity index is 1.54. The van der Waals surface area contributed by atoms with Crippen molar-refractivity contribution in [3.63, 3.8) is 0 Å². The van der Waals surface area contributed by atoms with Gasteiger partial charge < -0.3 is 4.98 Å². The van der Waals surface area contributed by atoms with Crippen LogP contribution < -0.4 is 0 Å². The number of imidazole rings is 1. The van der Waals surface area contributed by atoms with E-state index in [1.807, 2.05) is 47.5 Å². The first kappa shape index (κ1) is 14.3. The van der Waals surface area contributed by atoms with Gasteiger partial charge in [-0.3, -0.25) is 0 Å². The average Bonchev–Trinajstić information content (AvgIpc) is 3.26. The van der Waals surface area contributed by atoms with Gasteiger partial charge in [-0.15, -0.1) is 16.9 Å². The van der Waals surface area contributed by atoms with Crippen LogP contribution in [0.4, 0.5) is 0 Å². The molecular formula is C16H14N6S2. The van der Waals surface area contributed by atoms with E-state index in [4.69, 9.17) is 4.98 Å². The molecule has 0 bridgehead atoms. The van der Waals surface area contributed by atoms with Gasteiger partial charge in [0.1, 0.15) is 11.6 Å². The lowest BCUT2D eigenvalue weighted by molar-refractivity contribution is 0.796. The predicted octanol–water partition coefficient (Wildman–Crippen LogP) is 3.35. The first-order valence-corrected chi connectivity index (χ1v) is 9.81. The third kappa shape index (κ3) is 2.29. The maximum absolute atomic E-state index is 4.77. The molecule has 0 saturated heterocycles. The molecule has 5 rings (SSSR count). The molecule has 6 nitrogen and oxygen atoms in total. The summed E-state index contributed by atoms with van der Waals surface area (Å²) >= 11 is 3.54. The first-order valence-electron chi connectivity index (χ1n) is 7.67. The zero-order valence-corrected chi connectivity index (χ0v) is 14.6. The van der Waals surface area contributed by atoms with Crippen molar-refractivity contribution >= 4 is 40.1 Å². The number of hydrogen-bond donors (Lipinski definition) is 1. The Kier molecular flexibility index (Phi) is 3.27. The quantitative estimate of drug-likeness (QED) is 0.449. The van der Waals surface area contributed by atoms with Crippen molar-refractivity contribution in [2.45, 2.75) is 29.3 Å². The van der Waals surface area contributed by atoms with Gasteiger partial charge >= 0.3 is 0 Å². The Morgan fingerprint density at radius 3 is 3.04 bits per heavy atom. The SMILES string of the molecule is Cc1nc2c3ccccc3nc(SCc3nc4c([nH]3)CSC4)n2n1. The maximum atomic E-state index is 4.77. The van der Waals surface area contributed by atoms with Crippen molar-refractivity contribution < 1.29 is 0 Å². The van der Waals surface area contributed by atoms with Crippen LogP contribution in [-0.4, -0.2) is 29.5 Å². The fourth-order valence-corrected chi connectivity index (χ4v) is 4.71. The molecule has 4 aromatic rings. The normalized spacial score (nSPS) is 13.9. The Labute approximate surface area is 146 Å². The monoisotopic (exact) mass is 354 g/mol. The lowest BCUT2D eigenvalue weighted by Crippen LogP contribution is -1.99. The van der Waals surface area contributed by atoms with Gasteiger partial charge in [0, 0.05) is 22.6 Å². The van der Waals surface area contributed by atoms with Crippen LogP contribution in [0.5, 0.6) is 0 Å². The molecule has 1 N–H and O–H groups in total. The molecule has 1 aliphatic rings. The summed E-state index contributed by atoms with van der Waals surface area (Å²) in [5.74, 6) is 4.55. The second-order valence-electron chi connectivity index (χ2n) is 5.70. The molecule has 24 heavy (non-hydrogen) atoms. The minimum absolute atomic E-state index is 0.747. The van der Waals surface area contributed by atoms with Gasteiger partial charge in [0.15, 0.2) is 10.8 Å². The Hall–Kier alpha value is -2.06. The molecule has 1 aliphatic heterocycles. The largest absolute Gasteiger partial charge is 0.344 e. The van der Waals surface area contributed by atoms with E-state index >= 15 is 0 Å². The number of fused-ring (bicyclic) bond motifs is 4. The summed E-state index contributed by atoms with van der Waals surface area (Å²) in [5, 5.41) is 6.38. The van der Waals surface area contributed by atoms with E-state index in [0.29, 0.717) is 0 Å². The predicted molar refractivity (Wildman–Crippen MR) is 96.2 cm³/mol. The van der Waals surface area contributed by atoms with Crippen molar-refractivity contribution in [3.05, 3.63) is 47.3 Å². The number of aryl methyl sites for hydroxylation is 1. The highest BCUT2D eigenvalue weighted by atomic mass is 32.2. The van der Waals surface area contributed by atoms with Crippen LogP contribution in [0, 0.1) is 6.92 Å². The lowest BCUT2D eigenvalue weighted by atomic mass is 10.2. The van der Waals surface area contributed by atoms with E-state index in [2.05, 4.69) is 20.1 Å². The summed E-state index contributed by atoms with van der Waals surface area (Å²) in [5.41, 5.74) is 4.27. The number of hydrogen-bond acceptors (Lipinski definition) is 6. The summed E-state index contributed by atoms with van der Waals surface area (Å²) in [4.78, 5) is 17.5. The number of thioether (sulfide) groups is 2. The van der Waals surface area contributed by atoms with Gasteiger partial charge in [0.2, 0.25) is 0 Å². The number of aromatic amines is 1. The smallest absolute Gasteiger partial charge is 0.191 e. The van der Waals surface area contributed by atoms with Crippen LogP contribution in [0.2, 0.25) is 0 Å². The standard InChI is InChI=1S/C16H14N6S2/c1-9-17-15-10-4-2-3-5-11(10)20-16(22(15)21-9)24-8-14-18-12-6-23-7-13(12)19-14/h2-5H,6-8H2,1H3,(H,18,19). The summed E-state index contributed by atoms with van der Waals surface area (Å²) in [6.07, 6.45) is 0. The minimum atomic E-state index is 0.747. The van der Waals surface area contributed by atoms with Crippen molar-refractivity contribution in [1.82, 2.24) is 29.5 Å². The first-order chi connectivity index (χ1) is 11.8. The minimum Gasteiger partial charge on any atom is -0.344 e. The molecule has 1 aromatic carbocycles. The number of nitrogens with zero attached hydrogens (tertiary/aromatic N) is 5. The van der Waals surface area contributed by atoms with E-state index in [9.17, 15) is 0 Å². The van der Waals surface area contributed by atoms with Crippen LogP contribution in [0.3, 0.4) is 0 Å². The number of rotatable bonds is 3. The summed E-state index contributed by atoms with van der Waals surface area (Å²) in [6, 6.07) is 8.05. The van der Waals surface area contributed by atoms with Crippen LogP contribution in [0.25, 0.3) is 16.6 Å². The van der Waals surface area contributed by atoms with Crippen LogP contribution >= 0.6 is 23.5 Å². The zero-order valence-electron chi connectivity index (χ0n) is 13.0. The van der Waals surface area contributed by atoms with Gasteiger partial charge in [-0.25, -0.2) is 15.0 Å². The molecule has 0 saturated carbocycles. The third-order valence-corrected chi connectivity index (χ3v) is 5.90. The molecule has 3 aromatic heterocycles. The van der Waals surface area contributed by atoms with E-state index < -0.39 is 0 Å². The van der Waals surface area contributed by atoms with Crippen LogP contribution in [-0.2, 0) is 17.3 Å². The Morgan fingerprint density at radius 2 is 2.12 bits per heavy atom. The highest BCUT2D eigenvalue weighted by molar-refractivity contribution is 7.98. The zero-order chi connectivity index (χ0) is 16.1. The lowest BCUT2D eigenvalue weighted by Gasteiger charge is -2.05. The Morgan fingerprint density at radius 1 is 1.21 bits per heavy atom. The van der Waals surface area contributed by atoms with Gasteiger partial charge in [0.05, 0.1) is 17.0 Å². The number of H-pyrrole nitrogens is 1. The highest BCUT2D eigenvalue weighted by Crippen LogP contribution is 2.30.